The molecule has 3 rings (SSSR count). The summed E-state index contributed by atoms with van der Waals surface area (Å²) in [5, 5.41) is 3.50. The number of benzene rings is 2. The second kappa shape index (κ2) is 7.85. The molecule has 144 valence electrons. The third kappa shape index (κ3) is 3.53. The highest BCUT2D eigenvalue weighted by Gasteiger charge is 2.46. The molecule has 1 fully saturated rings. The number of hydrogen-bond acceptors (Lipinski definition) is 2. The van der Waals surface area contributed by atoms with Crippen LogP contribution >= 0.6 is 0 Å². The number of nitrogens with one attached hydrogen (secondary N) is 1. The van der Waals surface area contributed by atoms with Crippen molar-refractivity contribution in [1.82, 2.24) is 10.2 Å². The van der Waals surface area contributed by atoms with Gasteiger partial charge in [0.05, 0.1) is 0 Å². The highest BCUT2D eigenvalue weighted by Crippen LogP contribution is 2.39. The summed E-state index contributed by atoms with van der Waals surface area (Å²) < 4.78 is 0. The fourth-order valence-corrected chi connectivity index (χ4v) is 4.68. The van der Waals surface area contributed by atoms with Gasteiger partial charge in [0.2, 0.25) is 0 Å². The minimum Gasteiger partial charge on any atom is -0.329 e. The standard InChI is InChI=1S/C24H32N2O/c1-17(2)24(21-14-7-6-8-15-21,26-16-10-13-20(26)5)25-23(27)22-18(3)11-9-12-19(22)4/h6-9,11-12,14-15,17,20H,10,13,16H2,1-5H3,(H,25,27). The molecule has 2 aromatic rings. The quantitative estimate of drug-likeness (QED) is 0.807. The first-order valence-electron chi connectivity index (χ1n) is 10.1. The summed E-state index contributed by atoms with van der Waals surface area (Å²) in [6.45, 7) is 11.7. The molecule has 0 spiro atoms. The average Bonchev–Trinajstić information content (AvgIpc) is 3.06. The molecule has 1 aliphatic rings. The van der Waals surface area contributed by atoms with E-state index in [1.54, 1.807) is 0 Å². The number of nitrogens with zero attached hydrogens (tertiary/aromatic N) is 1. The van der Waals surface area contributed by atoms with Gasteiger partial charge in [-0.1, -0.05) is 62.4 Å². The molecule has 1 aliphatic heterocycles. The number of carbonyl (C=O) groups is 1. The molecule has 1 amide bonds. The Hall–Kier alpha value is -2.13. The van der Waals surface area contributed by atoms with E-state index in [0.717, 1.165) is 28.8 Å². The van der Waals surface area contributed by atoms with Crippen LogP contribution < -0.4 is 5.32 Å². The fourth-order valence-electron chi connectivity index (χ4n) is 4.68. The molecule has 2 aromatic carbocycles. The SMILES string of the molecule is Cc1cccc(C)c1C(=O)NC(c1ccccc1)(C(C)C)N1CCCC1C. The van der Waals surface area contributed by atoms with E-state index >= 15 is 0 Å². The van der Waals surface area contributed by atoms with Crippen LogP contribution in [0, 0.1) is 19.8 Å². The molecule has 0 bridgehead atoms. The predicted octanol–water partition coefficient (Wildman–Crippen LogP) is 5.03. The van der Waals surface area contributed by atoms with Gasteiger partial charge < -0.3 is 5.32 Å². The van der Waals surface area contributed by atoms with Gasteiger partial charge >= 0.3 is 0 Å². The van der Waals surface area contributed by atoms with E-state index in [-0.39, 0.29) is 11.8 Å². The third-order valence-corrected chi connectivity index (χ3v) is 6.07. The molecule has 0 saturated carbocycles. The summed E-state index contributed by atoms with van der Waals surface area (Å²) in [7, 11) is 0. The fraction of sp³-hybridized carbons (Fsp3) is 0.458. The Morgan fingerprint density at radius 2 is 1.70 bits per heavy atom. The van der Waals surface area contributed by atoms with E-state index in [2.05, 4.69) is 55.3 Å². The van der Waals surface area contributed by atoms with Gasteiger partial charge in [0, 0.05) is 18.2 Å². The Morgan fingerprint density at radius 1 is 1.07 bits per heavy atom. The lowest BCUT2D eigenvalue weighted by molar-refractivity contribution is 0.00405. The maximum atomic E-state index is 13.5. The largest absolute Gasteiger partial charge is 0.329 e. The van der Waals surface area contributed by atoms with Crippen LogP contribution in [0.1, 0.15) is 60.7 Å². The zero-order valence-corrected chi connectivity index (χ0v) is 17.3. The molecule has 0 aliphatic carbocycles. The zero-order valence-electron chi connectivity index (χ0n) is 17.3. The smallest absolute Gasteiger partial charge is 0.253 e. The molecule has 27 heavy (non-hydrogen) atoms. The van der Waals surface area contributed by atoms with E-state index in [1.807, 2.05) is 38.1 Å². The van der Waals surface area contributed by atoms with Crippen LogP contribution in [0.5, 0.6) is 0 Å². The van der Waals surface area contributed by atoms with Gasteiger partial charge in [-0.25, -0.2) is 0 Å². The van der Waals surface area contributed by atoms with Crippen molar-refractivity contribution in [2.45, 2.75) is 59.2 Å². The Labute approximate surface area is 163 Å². The van der Waals surface area contributed by atoms with Gasteiger partial charge in [-0.15, -0.1) is 0 Å². The van der Waals surface area contributed by atoms with Crippen LogP contribution in [0.3, 0.4) is 0 Å². The van der Waals surface area contributed by atoms with Crippen molar-refractivity contribution in [2.75, 3.05) is 6.54 Å². The highest BCUT2D eigenvalue weighted by molar-refractivity contribution is 5.97. The van der Waals surface area contributed by atoms with Gasteiger partial charge in [-0.05, 0) is 56.2 Å². The minimum atomic E-state index is -0.511. The van der Waals surface area contributed by atoms with E-state index in [0.29, 0.717) is 6.04 Å². The summed E-state index contributed by atoms with van der Waals surface area (Å²) in [5.74, 6) is 0.246. The van der Waals surface area contributed by atoms with Crippen LogP contribution in [0.2, 0.25) is 0 Å². The van der Waals surface area contributed by atoms with Crippen LogP contribution in [0.4, 0.5) is 0 Å². The lowest BCUT2D eigenvalue weighted by atomic mass is 9.85. The minimum absolute atomic E-state index is 0.0160. The maximum Gasteiger partial charge on any atom is 0.253 e. The second-order valence-electron chi connectivity index (χ2n) is 8.19. The molecular weight excluding hydrogens is 332 g/mol. The number of likely N-dealkylation sites (tertiary alicyclic amines) is 1. The Kier molecular flexibility index (Phi) is 5.71. The lowest BCUT2D eigenvalue weighted by Gasteiger charge is -2.48. The normalized spacial score (nSPS) is 19.9. The first-order chi connectivity index (χ1) is 12.9. The summed E-state index contributed by atoms with van der Waals surface area (Å²) in [5.41, 5.74) is 3.49. The molecule has 3 nitrogen and oxygen atoms in total. The van der Waals surface area contributed by atoms with Crippen LogP contribution in [-0.4, -0.2) is 23.4 Å². The molecule has 2 atom stereocenters. The van der Waals surface area contributed by atoms with Crippen molar-refractivity contribution in [3.8, 4) is 0 Å². The van der Waals surface area contributed by atoms with E-state index in [1.165, 1.54) is 12.8 Å². The molecule has 2 unspecified atom stereocenters. The number of amides is 1. The monoisotopic (exact) mass is 364 g/mol. The first kappa shape index (κ1) is 19.6. The van der Waals surface area contributed by atoms with Gasteiger partial charge in [0.25, 0.3) is 5.91 Å². The number of rotatable bonds is 5. The van der Waals surface area contributed by atoms with Crippen molar-refractivity contribution >= 4 is 5.91 Å². The maximum absolute atomic E-state index is 13.5. The molecule has 1 saturated heterocycles. The summed E-state index contributed by atoms with van der Waals surface area (Å²) >= 11 is 0. The molecule has 0 aromatic heterocycles. The van der Waals surface area contributed by atoms with E-state index in [9.17, 15) is 4.79 Å². The molecule has 1 heterocycles. The van der Waals surface area contributed by atoms with Gasteiger partial charge in [0.15, 0.2) is 0 Å². The summed E-state index contributed by atoms with van der Waals surface area (Å²) in [4.78, 5) is 16.0. The topological polar surface area (TPSA) is 32.3 Å². The van der Waals surface area contributed by atoms with E-state index in [4.69, 9.17) is 0 Å². The average molecular weight is 365 g/mol. The van der Waals surface area contributed by atoms with Crippen molar-refractivity contribution in [1.29, 1.82) is 0 Å². The molecule has 0 radical (unpaired) electrons. The Bertz CT molecular complexity index is 779. The Balaban J connectivity index is 2.11. The van der Waals surface area contributed by atoms with Crippen LogP contribution in [-0.2, 0) is 5.66 Å². The van der Waals surface area contributed by atoms with Crippen molar-refractivity contribution < 1.29 is 4.79 Å². The predicted molar refractivity (Wildman–Crippen MR) is 112 cm³/mol. The lowest BCUT2D eigenvalue weighted by Crippen LogP contribution is -2.62. The summed E-state index contributed by atoms with van der Waals surface area (Å²) in [6, 6.07) is 16.9. The number of hydrogen-bond donors (Lipinski definition) is 1. The highest BCUT2D eigenvalue weighted by atomic mass is 16.2. The van der Waals surface area contributed by atoms with Gasteiger partial charge in [-0.3, -0.25) is 9.69 Å². The third-order valence-electron chi connectivity index (χ3n) is 6.07. The van der Waals surface area contributed by atoms with Crippen LogP contribution in [0.15, 0.2) is 48.5 Å². The molecule has 1 N–H and O–H groups in total. The summed E-state index contributed by atoms with van der Waals surface area (Å²) in [6.07, 6.45) is 2.34. The number of aryl methyl sites for hydroxylation is 2. The number of carbonyl (C=O) groups excluding carboxylic acids is 1. The van der Waals surface area contributed by atoms with Gasteiger partial charge in [-0.2, -0.15) is 0 Å². The van der Waals surface area contributed by atoms with Crippen molar-refractivity contribution in [3.05, 3.63) is 70.8 Å². The van der Waals surface area contributed by atoms with Crippen molar-refractivity contribution in [3.63, 3.8) is 0 Å². The molecule has 3 heteroatoms. The first-order valence-corrected chi connectivity index (χ1v) is 10.1. The zero-order chi connectivity index (χ0) is 19.6. The van der Waals surface area contributed by atoms with Crippen molar-refractivity contribution in [2.24, 2.45) is 5.92 Å². The van der Waals surface area contributed by atoms with Crippen LogP contribution in [0.25, 0.3) is 0 Å². The molecular formula is C24H32N2O. The Morgan fingerprint density at radius 3 is 2.22 bits per heavy atom. The second-order valence-corrected chi connectivity index (χ2v) is 8.19. The van der Waals surface area contributed by atoms with Gasteiger partial charge in [0.1, 0.15) is 5.66 Å². The van der Waals surface area contributed by atoms with E-state index < -0.39 is 5.66 Å².